The molecule has 6 nitrogen and oxygen atoms in total. The fourth-order valence-electron chi connectivity index (χ4n) is 9.23. The lowest BCUT2D eigenvalue weighted by Crippen LogP contribution is -2.30. The number of hydrogen-bond donors (Lipinski definition) is 0. The Kier molecular flexibility index (Phi) is 61.2. The molecule has 0 spiro atoms. The molecule has 0 N–H and O–H groups in total. The first kappa shape index (κ1) is 72.6. The molecule has 0 amide bonds. The summed E-state index contributed by atoms with van der Waals surface area (Å²) in [6, 6.07) is 0. The first-order chi connectivity index (χ1) is 37.5. The summed E-state index contributed by atoms with van der Waals surface area (Å²) in [5.74, 6) is -0.891. The number of hydrogen-bond acceptors (Lipinski definition) is 6. The predicted octanol–water partition coefficient (Wildman–Crippen LogP) is 22.3. The van der Waals surface area contributed by atoms with Gasteiger partial charge in [-0.3, -0.25) is 14.4 Å². The third-order valence-corrected chi connectivity index (χ3v) is 14.1. The van der Waals surface area contributed by atoms with Crippen LogP contribution in [0.5, 0.6) is 0 Å². The number of unbranched alkanes of at least 4 members (excludes halogenated alkanes) is 34. The summed E-state index contributed by atoms with van der Waals surface area (Å²) in [6.45, 7) is 6.51. The Morgan fingerprint density at radius 1 is 0.276 bits per heavy atom. The van der Waals surface area contributed by atoms with Crippen LogP contribution in [-0.2, 0) is 28.6 Å². The van der Waals surface area contributed by atoms with E-state index < -0.39 is 6.10 Å². The third-order valence-electron chi connectivity index (χ3n) is 14.1. The number of allylic oxidation sites excluding steroid dienone is 14. The molecule has 6 heteroatoms. The van der Waals surface area contributed by atoms with Crippen molar-refractivity contribution in [3.63, 3.8) is 0 Å². The molecule has 0 aliphatic carbocycles. The number of ether oxygens (including phenoxy) is 3. The van der Waals surface area contributed by atoms with Crippen LogP contribution in [0.25, 0.3) is 0 Å². The molecule has 1 unspecified atom stereocenters. The number of esters is 3. The van der Waals surface area contributed by atoms with Crippen LogP contribution in [0.1, 0.15) is 323 Å². The van der Waals surface area contributed by atoms with E-state index >= 15 is 0 Å². The highest BCUT2D eigenvalue weighted by Crippen LogP contribution is 2.16. The van der Waals surface area contributed by atoms with Gasteiger partial charge < -0.3 is 14.2 Å². The maximum absolute atomic E-state index is 12.9. The molecule has 438 valence electrons. The van der Waals surface area contributed by atoms with Crippen molar-refractivity contribution in [1.82, 2.24) is 0 Å². The van der Waals surface area contributed by atoms with Gasteiger partial charge in [0.25, 0.3) is 0 Å². The number of carbonyl (C=O) groups excluding carboxylic acids is 3. The molecule has 0 aromatic heterocycles. The normalized spacial score (nSPS) is 12.6. The van der Waals surface area contributed by atoms with Gasteiger partial charge >= 0.3 is 17.9 Å². The molecule has 0 rings (SSSR count). The van der Waals surface area contributed by atoms with Gasteiger partial charge in [0.2, 0.25) is 0 Å². The van der Waals surface area contributed by atoms with Crippen molar-refractivity contribution in [2.75, 3.05) is 13.2 Å². The quantitative estimate of drug-likeness (QED) is 0.0261. The van der Waals surface area contributed by atoms with Gasteiger partial charge in [-0.1, -0.05) is 273 Å². The van der Waals surface area contributed by atoms with E-state index in [1.54, 1.807) is 0 Å². The maximum Gasteiger partial charge on any atom is 0.306 e. The molecule has 0 aliphatic heterocycles. The molecule has 0 aromatic rings. The summed E-state index contributed by atoms with van der Waals surface area (Å²) in [7, 11) is 0. The summed E-state index contributed by atoms with van der Waals surface area (Å²) in [4.78, 5) is 38.3. The highest BCUT2D eigenvalue weighted by atomic mass is 16.6. The lowest BCUT2D eigenvalue weighted by atomic mass is 10.0. The van der Waals surface area contributed by atoms with Crippen LogP contribution in [0.15, 0.2) is 85.1 Å². The molecule has 0 saturated heterocycles. The minimum Gasteiger partial charge on any atom is -0.462 e. The second-order valence-electron chi connectivity index (χ2n) is 21.6. The van der Waals surface area contributed by atoms with Gasteiger partial charge in [-0.2, -0.15) is 0 Å². The van der Waals surface area contributed by atoms with Crippen molar-refractivity contribution < 1.29 is 28.6 Å². The maximum atomic E-state index is 12.9. The molecule has 0 saturated carbocycles. The zero-order chi connectivity index (χ0) is 55.0. The fourth-order valence-corrected chi connectivity index (χ4v) is 9.23. The van der Waals surface area contributed by atoms with E-state index in [-0.39, 0.29) is 31.1 Å². The fraction of sp³-hybridized carbons (Fsp3) is 0.757. The van der Waals surface area contributed by atoms with Crippen molar-refractivity contribution in [3.8, 4) is 0 Å². The monoisotopic (exact) mass is 1060 g/mol. The van der Waals surface area contributed by atoms with Crippen LogP contribution < -0.4 is 0 Å². The summed E-state index contributed by atoms with van der Waals surface area (Å²) < 4.78 is 16.9. The van der Waals surface area contributed by atoms with E-state index in [1.165, 1.54) is 180 Å². The standard InChI is InChI=1S/C70H122O6/c1-4-7-10-13-16-19-22-25-27-29-30-31-32-33-34-35-36-37-38-39-40-42-43-45-48-51-54-57-60-63-69(72)75-66-67(65-74-68(71)62-59-56-53-50-47-24-21-18-15-12-9-6-3)76-70(73)64-61-58-55-52-49-46-44-41-28-26-23-20-17-14-11-8-5-2/h8,11,17-18,20-22,25-26,28-30,32-33,67H,4-7,9-10,12-16,19,23-24,27,31,34-66H2,1-3H3/b11-8-,20-17-,21-18-,25-22-,28-26-,30-29-,33-32-. The minimum atomic E-state index is -0.786. The Balaban J connectivity index is 4.23. The highest BCUT2D eigenvalue weighted by Gasteiger charge is 2.19. The Morgan fingerprint density at radius 3 is 0.842 bits per heavy atom. The van der Waals surface area contributed by atoms with Gasteiger partial charge in [-0.05, 0) is 116 Å². The molecular formula is C70H122O6. The molecule has 0 heterocycles. The topological polar surface area (TPSA) is 78.9 Å². The van der Waals surface area contributed by atoms with Crippen molar-refractivity contribution in [1.29, 1.82) is 0 Å². The Bertz CT molecular complexity index is 1450. The first-order valence-corrected chi connectivity index (χ1v) is 32.6. The van der Waals surface area contributed by atoms with Crippen molar-refractivity contribution in [3.05, 3.63) is 85.1 Å². The molecule has 0 aliphatic rings. The van der Waals surface area contributed by atoms with E-state index in [9.17, 15) is 14.4 Å². The van der Waals surface area contributed by atoms with E-state index in [1.807, 2.05) is 0 Å². The molecule has 0 aromatic carbocycles. The van der Waals surface area contributed by atoms with Crippen molar-refractivity contribution in [2.45, 2.75) is 329 Å². The molecule has 1 atom stereocenters. The Morgan fingerprint density at radius 2 is 0.513 bits per heavy atom. The van der Waals surface area contributed by atoms with Crippen LogP contribution in [0.4, 0.5) is 0 Å². The van der Waals surface area contributed by atoms with Gasteiger partial charge in [0.05, 0.1) is 0 Å². The van der Waals surface area contributed by atoms with E-state index in [0.717, 1.165) is 103 Å². The second-order valence-corrected chi connectivity index (χ2v) is 21.6. The van der Waals surface area contributed by atoms with E-state index in [0.29, 0.717) is 19.3 Å². The third kappa shape index (κ3) is 61.4. The Labute approximate surface area is 471 Å². The summed E-state index contributed by atoms with van der Waals surface area (Å²) >= 11 is 0. The Hall–Kier alpha value is -3.41. The molecule has 0 bridgehead atoms. The zero-order valence-corrected chi connectivity index (χ0v) is 50.3. The number of carbonyl (C=O) groups is 3. The van der Waals surface area contributed by atoms with Gasteiger partial charge in [-0.15, -0.1) is 0 Å². The van der Waals surface area contributed by atoms with Crippen LogP contribution in [-0.4, -0.2) is 37.2 Å². The molecule has 0 fully saturated rings. The van der Waals surface area contributed by atoms with Gasteiger partial charge in [0, 0.05) is 19.3 Å². The number of rotatable bonds is 59. The zero-order valence-electron chi connectivity index (χ0n) is 50.3. The van der Waals surface area contributed by atoms with Gasteiger partial charge in [0.15, 0.2) is 6.10 Å². The van der Waals surface area contributed by atoms with Crippen LogP contribution in [0.2, 0.25) is 0 Å². The molecular weight excluding hydrogens is 937 g/mol. The van der Waals surface area contributed by atoms with E-state index in [2.05, 4.69) is 106 Å². The van der Waals surface area contributed by atoms with Crippen LogP contribution >= 0.6 is 0 Å². The summed E-state index contributed by atoms with van der Waals surface area (Å²) in [5.41, 5.74) is 0. The smallest absolute Gasteiger partial charge is 0.306 e. The highest BCUT2D eigenvalue weighted by molar-refractivity contribution is 5.71. The van der Waals surface area contributed by atoms with Crippen molar-refractivity contribution in [2.24, 2.45) is 0 Å². The average Bonchev–Trinajstić information content (AvgIpc) is 3.42. The van der Waals surface area contributed by atoms with E-state index in [4.69, 9.17) is 14.2 Å². The molecule has 0 radical (unpaired) electrons. The van der Waals surface area contributed by atoms with Crippen LogP contribution in [0, 0.1) is 0 Å². The lowest BCUT2D eigenvalue weighted by Gasteiger charge is -2.18. The lowest BCUT2D eigenvalue weighted by molar-refractivity contribution is -0.167. The predicted molar refractivity (Wildman–Crippen MR) is 330 cm³/mol. The summed E-state index contributed by atoms with van der Waals surface area (Å²) in [6.07, 6.45) is 84.6. The van der Waals surface area contributed by atoms with Gasteiger partial charge in [-0.25, -0.2) is 0 Å². The van der Waals surface area contributed by atoms with Crippen molar-refractivity contribution >= 4 is 17.9 Å². The van der Waals surface area contributed by atoms with Crippen LogP contribution in [0.3, 0.4) is 0 Å². The average molecular weight is 1060 g/mol. The molecule has 76 heavy (non-hydrogen) atoms. The second kappa shape index (κ2) is 64.1. The SMILES string of the molecule is CC/C=C\C/C=C\C/C=C\CCCCCCCCCC(=O)OC(COC(=O)CCCCCCC/C=C\CCCCC)COC(=O)CCCCCCCCCCCCCCCC/C=C\C/C=C\C/C=C\CCCCCCC. The summed E-state index contributed by atoms with van der Waals surface area (Å²) in [5, 5.41) is 0. The van der Waals surface area contributed by atoms with Gasteiger partial charge in [0.1, 0.15) is 13.2 Å². The minimum absolute atomic E-state index is 0.0820. The first-order valence-electron chi connectivity index (χ1n) is 32.6. The largest absolute Gasteiger partial charge is 0.462 e.